The van der Waals surface area contributed by atoms with Crippen molar-refractivity contribution in [3.8, 4) is 6.07 Å². The molecule has 1 aromatic heterocycles. The topological polar surface area (TPSA) is 139 Å². The normalized spacial score (nSPS) is 18.9. The first-order valence-corrected chi connectivity index (χ1v) is 16.5. The van der Waals surface area contributed by atoms with Crippen molar-refractivity contribution >= 4 is 40.2 Å². The number of hydrogen-bond donors (Lipinski definition) is 2. The summed E-state index contributed by atoms with van der Waals surface area (Å²) in [4.78, 5) is 58.8. The molecule has 11 heteroatoms. The second-order valence-electron chi connectivity index (χ2n) is 12.5. The number of nitriles is 1. The summed E-state index contributed by atoms with van der Waals surface area (Å²) in [6.07, 6.45) is 5.83. The SMILES string of the molecule is Cc1cc2cc(N/C(N[C@H]3CCCCN(CC(=O)N4CCCC4)C3=O)=C(\C#N)C(=O)c3ccc(C(=O)N4CCCC4)cc3)ccc2o1. The molecule has 4 heterocycles. The molecule has 0 unspecified atom stereocenters. The number of anilines is 1. The third-order valence-electron chi connectivity index (χ3n) is 9.17. The van der Waals surface area contributed by atoms with Crippen molar-refractivity contribution in [2.45, 2.75) is 57.9 Å². The second kappa shape index (κ2) is 14.1. The van der Waals surface area contributed by atoms with Gasteiger partial charge >= 0.3 is 0 Å². The summed E-state index contributed by atoms with van der Waals surface area (Å²) in [5, 5.41) is 17.6. The molecule has 47 heavy (non-hydrogen) atoms. The lowest BCUT2D eigenvalue weighted by atomic mass is 10.0. The Morgan fingerprint density at radius 1 is 0.872 bits per heavy atom. The van der Waals surface area contributed by atoms with Gasteiger partial charge in [-0.25, -0.2) is 0 Å². The standard InChI is InChI=1S/C36H40N6O5/c1-24-20-27-21-28(13-14-31(27)47-24)38-34(39-30-8-2-3-19-42(36(30)46)23-32(43)40-15-4-5-16-40)29(22-37)33(44)25-9-11-26(12-10-25)35(45)41-17-6-7-18-41/h9-14,20-21,30,38-39H,2-8,15-19,23H2,1H3/b34-29-/t30-/m0/s1. The number of amides is 3. The first-order valence-electron chi connectivity index (χ1n) is 16.5. The van der Waals surface area contributed by atoms with E-state index in [9.17, 15) is 24.4 Å². The number of rotatable bonds is 9. The van der Waals surface area contributed by atoms with Crippen molar-refractivity contribution in [1.29, 1.82) is 5.26 Å². The predicted molar refractivity (Wildman–Crippen MR) is 176 cm³/mol. The molecular weight excluding hydrogens is 596 g/mol. The van der Waals surface area contributed by atoms with Crippen LogP contribution in [-0.2, 0) is 9.59 Å². The fraction of sp³-hybridized carbons (Fsp3) is 0.417. The summed E-state index contributed by atoms with van der Waals surface area (Å²) in [5.41, 5.74) is 1.81. The molecule has 6 rings (SSSR count). The van der Waals surface area contributed by atoms with Crippen LogP contribution in [0.5, 0.6) is 0 Å². The molecule has 3 amide bonds. The number of Topliss-reactive ketones (excluding diaryl/α,β-unsaturated/α-hetero) is 1. The van der Waals surface area contributed by atoms with Crippen LogP contribution in [0.15, 0.2) is 64.3 Å². The number of ketones is 1. The maximum atomic E-state index is 13.9. The number of likely N-dealkylation sites (tertiary alicyclic amines) is 3. The Hall–Kier alpha value is -5.11. The van der Waals surface area contributed by atoms with Crippen molar-refractivity contribution in [3.05, 3.63) is 76.8 Å². The van der Waals surface area contributed by atoms with Crippen molar-refractivity contribution in [3.63, 3.8) is 0 Å². The van der Waals surface area contributed by atoms with E-state index in [1.807, 2.05) is 19.1 Å². The van der Waals surface area contributed by atoms with Crippen LogP contribution < -0.4 is 10.6 Å². The first kappa shape index (κ1) is 31.9. The molecule has 3 saturated heterocycles. The van der Waals surface area contributed by atoms with Crippen LogP contribution in [0.2, 0.25) is 0 Å². The smallest absolute Gasteiger partial charge is 0.253 e. The number of nitrogens with zero attached hydrogens (tertiary/aromatic N) is 4. The minimum Gasteiger partial charge on any atom is -0.461 e. The number of fused-ring (bicyclic) bond motifs is 1. The van der Waals surface area contributed by atoms with E-state index in [4.69, 9.17) is 4.42 Å². The summed E-state index contributed by atoms with van der Waals surface area (Å²) < 4.78 is 5.71. The van der Waals surface area contributed by atoms with E-state index in [-0.39, 0.29) is 41.2 Å². The number of carbonyl (C=O) groups is 4. The zero-order chi connectivity index (χ0) is 32.9. The number of furan rings is 1. The molecule has 3 fully saturated rings. The Labute approximate surface area is 274 Å². The summed E-state index contributed by atoms with van der Waals surface area (Å²) >= 11 is 0. The quantitative estimate of drug-likeness (QED) is 0.197. The zero-order valence-corrected chi connectivity index (χ0v) is 26.7. The lowest BCUT2D eigenvalue weighted by Crippen LogP contribution is -2.49. The maximum absolute atomic E-state index is 13.9. The van der Waals surface area contributed by atoms with Crippen LogP contribution in [0.3, 0.4) is 0 Å². The van der Waals surface area contributed by atoms with Crippen molar-refractivity contribution in [2.24, 2.45) is 0 Å². The number of hydrogen-bond acceptors (Lipinski definition) is 8. The van der Waals surface area contributed by atoms with E-state index < -0.39 is 11.8 Å². The average Bonchev–Trinajstić information content (AvgIpc) is 3.86. The molecule has 0 radical (unpaired) electrons. The third-order valence-corrected chi connectivity index (χ3v) is 9.17. The molecule has 2 aromatic carbocycles. The van der Waals surface area contributed by atoms with Gasteiger partial charge < -0.3 is 29.8 Å². The van der Waals surface area contributed by atoms with Gasteiger partial charge in [-0.2, -0.15) is 5.26 Å². The van der Waals surface area contributed by atoms with Crippen molar-refractivity contribution < 1.29 is 23.6 Å². The monoisotopic (exact) mass is 636 g/mol. The molecule has 3 aliphatic heterocycles. The molecule has 3 aliphatic rings. The largest absolute Gasteiger partial charge is 0.461 e. The molecule has 244 valence electrons. The Kier molecular flexibility index (Phi) is 9.57. The fourth-order valence-electron chi connectivity index (χ4n) is 6.60. The summed E-state index contributed by atoms with van der Waals surface area (Å²) in [7, 11) is 0. The van der Waals surface area contributed by atoms with E-state index >= 15 is 0 Å². The number of carbonyl (C=O) groups excluding carboxylic acids is 4. The number of nitrogens with one attached hydrogen (secondary N) is 2. The molecule has 11 nitrogen and oxygen atoms in total. The molecule has 0 aliphatic carbocycles. The molecule has 2 N–H and O–H groups in total. The van der Waals surface area contributed by atoms with Gasteiger partial charge in [0.15, 0.2) is 0 Å². The van der Waals surface area contributed by atoms with Gasteiger partial charge in [0.05, 0.1) is 6.54 Å². The Bertz CT molecular complexity index is 1740. The average molecular weight is 637 g/mol. The van der Waals surface area contributed by atoms with E-state index in [0.717, 1.165) is 62.8 Å². The van der Waals surface area contributed by atoms with Gasteiger partial charge in [0.1, 0.15) is 34.8 Å². The van der Waals surface area contributed by atoms with Gasteiger partial charge in [0.2, 0.25) is 17.6 Å². The molecule has 0 spiro atoms. The summed E-state index contributed by atoms with van der Waals surface area (Å²) in [5.74, 6) is -0.0897. The zero-order valence-electron chi connectivity index (χ0n) is 26.7. The van der Waals surface area contributed by atoms with Gasteiger partial charge in [-0.1, -0.05) is 12.1 Å². The van der Waals surface area contributed by atoms with Gasteiger partial charge in [-0.15, -0.1) is 0 Å². The van der Waals surface area contributed by atoms with Crippen LogP contribution in [0, 0.1) is 18.3 Å². The lowest BCUT2D eigenvalue weighted by Gasteiger charge is -2.28. The highest BCUT2D eigenvalue weighted by Gasteiger charge is 2.32. The number of allylic oxidation sites excluding steroid dienone is 1. The van der Waals surface area contributed by atoms with Gasteiger partial charge in [0.25, 0.3) is 5.91 Å². The molecule has 0 saturated carbocycles. The van der Waals surface area contributed by atoms with Crippen molar-refractivity contribution in [2.75, 3.05) is 44.6 Å². The first-order chi connectivity index (χ1) is 22.8. The molecule has 3 aromatic rings. The highest BCUT2D eigenvalue weighted by Crippen LogP contribution is 2.25. The van der Waals surface area contributed by atoms with E-state index in [1.54, 1.807) is 51.1 Å². The molecule has 0 bridgehead atoms. The Morgan fingerprint density at radius 3 is 2.23 bits per heavy atom. The summed E-state index contributed by atoms with van der Waals surface area (Å²) in [6.45, 7) is 5.18. The minimum absolute atomic E-state index is 0.00648. The third kappa shape index (κ3) is 7.17. The summed E-state index contributed by atoms with van der Waals surface area (Å²) in [6, 6.07) is 15.0. The maximum Gasteiger partial charge on any atom is 0.253 e. The minimum atomic E-state index is -0.761. The van der Waals surface area contributed by atoms with Crippen molar-refractivity contribution in [1.82, 2.24) is 20.0 Å². The van der Waals surface area contributed by atoms with E-state index in [2.05, 4.69) is 16.7 Å². The fourth-order valence-corrected chi connectivity index (χ4v) is 6.60. The number of aryl methyl sites for hydroxylation is 1. The Morgan fingerprint density at radius 2 is 1.53 bits per heavy atom. The molecule has 1 atom stereocenters. The van der Waals surface area contributed by atoms with Crippen LogP contribution in [-0.4, -0.2) is 83.5 Å². The van der Waals surface area contributed by atoms with Gasteiger partial charge in [0, 0.05) is 54.9 Å². The Balaban J connectivity index is 1.29. The van der Waals surface area contributed by atoms with E-state index in [0.29, 0.717) is 42.9 Å². The van der Waals surface area contributed by atoms with E-state index in [1.165, 1.54) is 0 Å². The number of benzene rings is 2. The highest BCUT2D eigenvalue weighted by atomic mass is 16.3. The van der Waals surface area contributed by atoms with Crippen LogP contribution in [0.25, 0.3) is 11.0 Å². The van der Waals surface area contributed by atoms with Gasteiger partial charge in [-0.3, -0.25) is 19.2 Å². The second-order valence-corrected chi connectivity index (χ2v) is 12.5. The molecular formula is C36H40N6O5. The van der Waals surface area contributed by atoms with Crippen LogP contribution in [0.1, 0.15) is 71.4 Å². The van der Waals surface area contributed by atoms with Crippen LogP contribution >= 0.6 is 0 Å². The van der Waals surface area contributed by atoms with Gasteiger partial charge in [-0.05, 0) is 88.3 Å². The highest BCUT2D eigenvalue weighted by molar-refractivity contribution is 6.12. The van der Waals surface area contributed by atoms with Crippen LogP contribution in [0.4, 0.5) is 5.69 Å². The predicted octanol–water partition coefficient (Wildman–Crippen LogP) is 4.60. The lowest BCUT2D eigenvalue weighted by molar-refractivity contribution is -0.140.